The molecule has 0 radical (unpaired) electrons. The Labute approximate surface area is 153 Å². The fraction of sp³-hybridized carbons (Fsp3) is 0.529. The minimum absolute atomic E-state index is 0.0455. The SMILES string of the molecule is CCCN(C)c1nc(C(=O)NC)nc(Cl)c1-n1nc(C)cc1C(C)C. The van der Waals surface area contributed by atoms with Crippen LogP contribution in [0.1, 0.15) is 55.1 Å². The van der Waals surface area contributed by atoms with Gasteiger partial charge >= 0.3 is 0 Å². The van der Waals surface area contributed by atoms with Gasteiger partial charge in [-0.1, -0.05) is 32.4 Å². The molecular formula is C17H25ClN6O. The van der Waals surface area contributed by atoms with Crippen LogP contribution in [0.5, 0.6) is 0 Å². The zero-order valence-corrected chi connectivity index (χ0v) is 16.3. The molecule has 0 fully saturated rings. The lowest BCUT2D eigenvalue weighted by atomic mass is 10.1. The Hall–Kier alpha value is -2.15. The quantitative estimate of drug-likeness (QED) is 0.797. The fourth-order valence-corrected chi connectivity index (χ4v) is 2.87. The second-order valence-corrected chi connectivity index (χ2v) is 6.65. The molecule has 0 aromatic carbocycles. The molecule has 0 aliphatic rings. The standard InChI is InChI=1S/C17H25ClN6O/c1-7-8-23(6)16-13(14(18)20-15(21-16)17(25)19-5)24-12(10(2)3)9-11(4)22-24/h9-10H,7-8H2,1-6H3,(H,19,25). The lowest BCUT2D eigenvalue weighted by molar-refractivity contribution is 0.0953. The molecule has 0 saturated heterocycles. The number of halogens is 1. The minimum Gasteiger partial charge on any atom is -0.358 e. The molecule has 1 N–H and O–H groups in total. The molecule has 8 heteroatoms. The van der Waals surface area contributed by atoms with Crippen LogP contribution in [0.4, 0.5) is 5.82 Å². The van der Waals surface area contributed by atoms with Crippen molar-refractivity contribution < 1.29 is 4.79 Å². The van der Waals surface area contributed by atoms with E-state index in [1.165, 1.54) is 7.05 Å². The van der Waals surface area contributed by atoms with Gasteiger partial charge in [0, 0.05) is 26.3 Å². The molecule has 0 bridgehead atoms. The molecule has 7 nitrogen and oxygen atoms in total. The van der Waals surface area contributed by atoms with Gasteiger partial charge in [0.05, 0.1) is 5.69 Å². The first kappa shape index (κ1) is 19.2. The Bertz CT molecular complexity index is 771. The third-order valence-electron chi connectivity index (χ3n) is 3.84. The highest BCUT2D eigenvalue weighted by atomic mass is 35.5. The summed E-state index contributed by atoms with van der Waals surface area (Å²) < 4.78 is 1.79. The maximum absolute atomic E-state index is 12.0. The topological polar surface area (TPSA) is 75.9 Å². The van der Waals surface area contributed by atoms with Crippen molar-refractivity contribution in [1.82, 2.24) is 25.1 Å². The summed E-state index contributed by atoms with van der Waals surface area (Å²) in [5, 5.41) is 7.33. The Morgan fingerprint density at radius 1 is 1.40 bits per heavy atom. The molecule has 0 spiro atoms. The van der Waals surface area contributed by atoms with Crippen molar-refractivity contribution in [2.75, 3.05) is 25.5 Å². The minimum atomic E-state index is -0.375. The van der Waals surface area contributed by atoms with Gasteiger partial charge in [0.15, 0.2) is 11.0 Å². The Kier molecular flexibility index (Phi) is 6.00. The first-order valence-electron chi connectivity index (χ1n) is 8.37. The van der Waals surface area contributed by atoms with Gasteiger partial charge in [-0.25, -0.2) is 14.6 Å². The zero-order chi connectivity index (χ0) is 18.7. The molecule has 0 aliphatic carbocycles. The van der Waals surface area contributed by atoms with E-state index in [4.69, 9.17) is 11.6 Å². The number of nitrogens with one attached hydrogen (secondary N) is 1. The van der Waals surface area contributed by atoms with E-state index in [9.17, 15) is 4.79 Å². The number of amides is 1. The number of aryl methyl sites for hydroxylation is 1. The van der Waals surface area contributed by atoms with Gasteiger partial charge in [-0.2, -0.15) is 5.10 Å². The van der Waals surface area contributed by atoms with Gasteiger partial charge in [-0.3, -0.25) is 4.79 Å². The zero-order valence-electron chi connectivity index (χ0n) is 15.6. The summed E-state index contributed by atoms with van der Waals surface area (Å²) in [6, 6.07) is 2.03. The predicted molar refractivity (Wildman–Crippen MR) is 99.9 cm³/mol. The van der Waals surface area contributed by atoms with Crippen LogP contribution in [-0.4, -0.2) is 46.3 Å². The molecule has 1 amide bonds. The Balaban J connectivity index is 2.74. The van der Waals surface area contributed by atoms with Crippen molar-refractivity contribution in [3.05, 3.63) is 28.4 Å². The van der Waals surface area contributed by atoms with Gasteiger partial charge in [0.1, 0.15) is 5.69 Å². The summed E-state index contributed by atoms with van der Waals surface area (Å²) in [4.78, 5) is 22.6. The van der Waals surface area contributed by atoms with E-state index >= 15 is 0 Å². The predicted octanol–water partition coefficient (Wildman–Crippen LogP) is 2.95. The van der Waals surface area contributed by atoms with E-state index in [2.05, 4.69) is 41.2 Å². The van der Waals surface area contributed by atoms with Crippen molar-refractivity contribution in [2.24, 2.45) is 0 Å². The molecule has 0 unspecified atom stereocenters. The molecule has 0 aliphatic heterocycles. The number of hydrogen-bond donors (Lipinski definition) is 1. The summed E-state index contributed by atoms with van der Waals surface area (Å²) >= 11 is 6.48. The first-order valence-corrected chi connectivity index (χ1v) is 8.75. The van der Waals surface area contributed by atoms with Crippen LogP contribution in [0.3, 0.4) is 0 Å². The fourth-order valence-electron chi connectivity index (χ4n) is 2.63. The van der Waals surface area contributed by atoms with Gasteiger partial charge in [0.2, 0.25) is 5.82 Å². The van der Waals surface area contributed by atoms with Crippen molar-refractivity contribution in [2.45, 2.75) is 40.0 Å². The van der Waals surface area contributed by atoms with Gasteiger partial charge in [-0.05, 0) is 25.3 Å². The van der Waals surface area contributed by atoms with E-state index < -0.39 is 0 Å². The largest absolute Gasteiger partial charge is 0.358 e. The molecule has 25 heavy (non-hydrogen) atoms. The van der Waals surface area contributed by atoms with E-state index in [-0.39, 0.29) is 22.8 Å². The van der Waals surface area contributed by atoms with Crippen molar-refractivity contribution in [3.8, 4) is 5.69 Å². The van der Waals surface area contributed by atoms with E-state index in [0.717, 1.165) is 24.4 Å². The van der Waals surface area contributed by atoms with E-state index in [0.29, 0.717) is 11.5 Å². The van der Waals surface area contributed by atoms with Gasteiger partial charge in [-0.15, -0.1) is 0 Å². The van der Waals surface area contributed by atoms with E-state index in [1.807, 2.05) is 24.9 Å². The van der Waals surface area contributed by atoms with Crippen LogP contribution in [0.15, 0.2) is 6.07 Å². The van der Waals surface area contributed by atoms with Crippen LogP contribution < -0.4 is 10.2 Å². The first-order chi connectivity index (χ1) is 11.8. The monoisotopic (exact) mass is 364 g/mol. The van der Waals surface area contributed by atoms with Crippen LogP contribution in [0, 0.1) is 6.92 Å². The number of aromatic nitrogens is 4. The maximum Gasteiger partial charge on any atom is 0.288 e. The number of hydrogen-bond acceptors (Lipinski definition) is 5. The average molecular weight is 365 g/mol. The lowest BCUT2D eigenvalue weighted by Gasteiger charge is -2.23. The molecule has 2 aromatic rings. The van der Waals surface area contributed by atoms with Crippen molar-refractivity contribution >= 4 is 23.3 Å². The second kappa shape index (κ2) is 7.82. The van der Waals surface area contributed by atoms with Gasteiger partial charge in [0.25, 0.3) is 5.91 Å². The summed E-state index contributed by atoms with van der Waals surface area (Å²) in [5.41, 5.74) is 2.50. The van der Waals surface area contributed by atoms with Crippen LogP contribution in [0.2, 0.25) is 5.15 Å². The normalized spacial score (nSPS) is 11.0. The molecule has 2 heterocycles. The highest BCUT2D eigenvalue weighted by Crippen LogP contribution is 2.31. The van der Waals surface area contributed by atoms with E-state index in [1.54, 1.807) is 4.68 Å². The molecule has 0 saturated carbocycles. The molecule has 2 rings (SSSR count). The third-order valence-corrected chi connectivity index (χ3v) is 4.10. The van der Waals surface area contributed by atoms with Crippen LogP contribution in [0.25, 0.3) is 5.69 Å². The smallest absolute Gasteiger partial charge is 0.288 e. The van der Waals surface area contributed by atoms with Gasteiger partial charge < -0.3 is 10.2 Å². The Morgan fingerprint density at radius 3 is 2.64 bits per heavy atom. The lowest BCUT2D eigenvalue weighted by Crippen LogP contribution is -2.27. The number of anilines is 1. The summed E-state index contributed by atoms with van der Waals surface area (Å²) in [7, 11) is 3.46. The molecular weight excluding hydrogens is 340 g/mol. The third kappa shape index (κ3) is 3.92. The van der Waals surface area contributed by atoms with Crippen molar-refractivity contribution in [3.63, 3.8) is 0 Å². The highest BCUT2D eigenvalue weighted by Gasteiger charge is 2.24. The summed E-state index contributed by atoms with van der Waals surface area (Å²) in [6.07, 6.45) is 0.933. The second-order valence-electron chi connectivity index (χ2n) is 6.29. The van der Waals surface area contributed by atoms with Crippen LogP contribution in [-0.2, 0) is 0 Å². The molecule has 0 atom stereocenters. The number of carbonyl (C=O) groups excluding carboxylic acids is 1. The molecule has 136 valence electrons. The number of nitrogens with zero attached hydrogens (tertiary/aromatic N) is 5. The summed E-state index contributed by atoms with van der Waals surface area (Å²) in [5.74, 6) is 0.509. The van der Waals surface area contributed by atoms with Crippen molar-refractivity contribution in [1.29, 1.82) is 0 Å². The maximum atomic E-state index is 12.0. The molecule has 2 aromatic heterocycles. The number of carbonyl (C=O) groups is 1. The van der Waals surface area contributed by atoms with Crippen LogP contribution >= 0.6 is 11.6 Å². The Morgan fingerprint density at radius 2 is 2.08 bits per heavy atom. The summed E-state index contributed by atoms with van der Waals surface area (Å²) in [6.45, 7) is 8.97. The number of rotatable bonds is 6. The highest BCUT2D eigenvalue weighted by molar-refractivity contribution is 6.31. The average Bonchev–Trinajstić information content (AvgIpc) is 2.95.